The van der Waals surface area contributed by atoms with Crippen molar-refractivity contribution in [3.8, 4) is 0 Å². The maximum absolute atomic E-state index is 5.37. The Balaban J connectivity index is 1.51. The van der Waals surface area contributed by atoms with Gasteiger partial charge in [0.1, 0.15) is 0 Å². The minimum absolute atomic E-state index is 0.465. The van der Waals surface area contributed by atoms with Crippen molar-refractivity contribution in [2.45, 2.75) is 57.5 Å². The highest BCUT2D eigenvalue weighted by Gasteiger charge is 2.29. The van der Waals surface area contributed by atoms with Gasteiger partial charge in [0.05, 0.1) is 0 Å². The molecule has 0 bridgehead atoms. The largest absolute Gasteiger partial charge is 0.408 e. The molecule has 3 rings (SSSR count). The molecule has 5 nitrogen and oxygen atoms in total. The van der Waals surface area contributed by atoms with E-state index in [1.165, 1.54) is 45.1 Å². The molecule has 18 heavy (non-hydrogen) atoms. The van der Waals surface area contributed by atoms with Crippen LogP contribution in [-0.4, -0.2) is 40.3 Å². The van der Waals surface area contributed by atoms with Gasteiger partial charge < -0.3 is 9.73 Å². The predicted octanol–water partition coefficient (Wildman–Crippen LogP) is 2.20. The highest BCUT2D eigenvalue weighted by Crippen LogP contribution is 2.26. The number of rotatable bonds is 3. The maximum Gasteiger partial charge on any atom is 0.315 e. The van der Waals surface area contributed by atoms with Crippen molar-refractivity contribution < 1.29 is 4.42 Å². The monoisotopic (exact) mass is 250 g/mol. The Kier molecular flexibility index (Phi) is 3.50. The number of aromatic nitrogens is 2. The third kappa shape index (κ3) is 2.66. The summed E-state index contributed by atoms with van der Waals surface area (Å²) < 4.78 is 5.37. The Morgan fingerprint density at radius 1 is 1.17 bits per heavy atom. The number of hydrogen-bond acceptors (Lipinski definition) is 5. The van der Waals surface area contributed by atoms with Gasteiger partial charge in [-0.1, -0.05) is 24.4 Å². The average Bonchev–Trinajstić information content (AvgIpc) is 3.01. The number of hydrogen-bond donors (Lipinski definition) is 1. The molecule has 0 spiro atoms. The van der Waals surface area contributed by atoms with E-state index < -0.39 is 0 Å². The second kappa shape index (κ2) is 5.26. The van der Waals surface area contributed by atoms with E-state index in [9.17, 15) is 0 Å². The summed E-state index contributed by atoms with van der Waals surface area (Å²) in [5.41, 5.74) is 0. The van der Waals surface area contributed by atoms with Crippen LogP contribution in [0.1, 0.15) is 44.4 Å². The quantitative estimate of drug-likeness (QED) is 0.891. The molecule has 5 heteroatoms. The molecule has 1 aliphatic carbocycles. The van der Waals surface area contributed by atoms with Crippen LogP contribution in [-0.2, 0) is 0 Å². The summed E-state index contributed by atoms with van der Waals surface area (Å²) in [7, 11) is 0. The molecule has 0 aromatic carbocycles. The first-order valence-corrected chi connectivity index (χ1v) is 7.12. The summed E-state index contributed by atoms with van der Waals surface area (Å²) in [5.74, 6) is 0.625. The SMILES string of the molecule is Cc1nnc(NC2CCN(C3CCCCC3)C2)o1. The topological polar surface area (TPSA) is 54.2 Å². The molecule has 1 atom stereocenters. The van der Waals surface area contributed by atoms with Crippen molar-refractivity contribution in [2.75, 3.05) is 18.4 Å². The van der Waals surface area contributed by atoms with E-state index in [0.29, 0.717) is 17.9 Å². The second-order valence-corrected chi connectivity index (χ2v) is 5.54. The average molecular weight is 250 g/mol. The van der Waals surface area contributed by atoms with Gasteiger partial charge in [-0.3, -0.25) is 4.90 Å². The number of nitrogens with zero attached hydrogens (tertiary/aromatic N) is 3. The molecule has 2 aliphatic rings. The highest BCUT2D eigenvalue weighted by molar-refractivity contribution is 5.20. The molecule has 0 amide bonds. The molecule has 100 valence electrons. The van der Waals surface area contributed by atoms with Crippen LogP contribution in [0.4, 0.5) is 6.01 Å². The lowest BCUT2D eigenvalue weighted by atomic mass is 9.94. The first-order valence-electron chi connectivity index (χ1n) is 7.12. The zero-order valence-electron chi connectivity index (χ0n) is 11.1. The van der Waals surface area contributed by atoms with Crippen LogP contribution >= 0.6 is 0 Å². The van der Waals surface area contributed by atoms with Gasteiger partial charge in [-0.2, -0.15) is 0 Å². The lowest BCUT2D eigenvalue weighted by molar-refractivity contribution is 0.190. The molecule has 2 heterocycles. The van der Waals surface area contributed by atoms with E-state index >= 15 is 0 Å². The lowest BCUT2D eigenvalue weighted by Gasteiger charge is -2.30. The summed E-state index contributed by atoms with van der Waals surface area (Å²) in [4.78, 5) is 2.64. The van der Waals surface area contributed by atoms with Crippen LogP contribution < -0.4 is 5.32 Å². The second-order valence-electron chi connectivity index (χ2n) is 5.54. The molecule has 2 fully saturated rings. The van der Waals surface area contributed by atoms with Crippen LogP contribution in [0.3, 0.4) is 0 Å². The summed E-state index contributed by atoms with van der Waals surface area (Å²) in [6.45, 7) is 4.14. The zero-order valence-corrected chi connectivity index (χ0v) is 11.1. The summed E-state index contributed by atoms with van der Waals surface area (Å²) in [6.07, 6.45) is 8.17. The molecule has 1 aromatic heterocycles. The smallest absolute Gasteiger partial charge is 0.315 e. The molecule has 1 aliphatic heterocycles. The standard InChI is InChI=1S/C13H22N4O/c1-10-15-16-13(18-10)14-11-7-8-17(9-11)12-5-3-2-4-6-12/h11-12H,2-9H2,1H3,(H,14,16). The third-order valence-electron chi connectivity index (χ3n) is 4.16. The molecular weight excluding hydrogens is 228 g/mol. The van der Waals surface area contributed by atoms with Crippen LogP contribution in [0.15, 0.2) is 4.42 Å². The Labute approximate surface area is 108 Å². The van der Waals surface area contributed by atoms with E-state index in [4.69, 9.17) is 4.42 Å². The van der Waals surface area contributed by atoms with Crippen molar-refractivity contribution in [1.29, 1.82) is 0 Å². The van der Waals surface area contributed by atoms with Gasteiger partial charge in [-0.25, -0.2) is 0 Å². The Bertz CT molecular complexity index is 386. The minimum Gasteiger partial charge on any atom is -0.408 e. The Hall–Kier alpha value is -1.10. The van der Waals surface area contributed by atoms with Gasteiger partial charge in [0.2, 0.25) is 5.89 Å². The summed E-state index contributed by atoms with van der Waals surface area (Å²) in [6, 6.07) is 1.85. The van der Waals surface area contributed by atoms with Gasteiger partial charge in [0.15, 0.2) is 0 Å². The van der Waals surface area contributed by atoms with Crippen LogP contribution in [0.2, 0.25) is 0 Å². The highest BCUT2D eigenvalue weighted by atomic mass is 16.4. The fraction of sp³-hybridized carbons (Fsp3) is 0.846. The zero-order chi connectivity index (χ0) is 12.4. The van der Waals surface area contributed by atoms with E-state index in [-0.39, 0.29) is 0 Å². The van der Waals surface area contributed by atoms with Crippen LogP contribution in [0, 0.1) is 6.92 Å². The minimum atomic E-state index is 0.465. The predicted molar refractivity (Wildman–Crippen MR) is 69.5 cm³/mol. The fourth-order valence-corrected chi connectivity index (χ4v) is 3.21. The van der Waals surface area contributed by atoms with E-state index in [2.05, 4.69) is 20.4 Å². The summed E-state index contributed by atoms with van der Waals surface area (Å²) >= 11 is 0. The van der Waals surface area contributed by atoms with E-state index in [1.807, 2.05) is 6.92 Å². The van der Waals surface area contributed by atoms with E-state index in [0.717, 1.165) is 12.6 Å². The van der Waals surface area contributed by atoms with Crippen molar-refractivity contribution >= 4 is 6.01 Å². The first-order chi connectivity index (χ1) is 8.81. The molecular formula is C13H22N4O. The number of nitrogens with one attached hydrogen (secondary N) is 1. The molecule has 1 saturated carbocycles. The normalized spacial score (nSPS) is 26.6. The van der Waals surface area contributed by atoms with Gasteiger partial charge in [-0.05, 0) is 19.3 Å². The Morgan fingerprint density at radius 2 is 2.00 bits per heavy atom. The Morgan fingerprint density at radius 3 is 2.72 bits per heavy atom. The molecule has 1 aromatic rings. The van der Waals surface area contributed by atoms with Gasteiger partial charge in [-0.15, -0.1) is 5.10 Å². The molecule has 1 unspecified atom stereocenters. The maximum atomic E-state index is 5.37. The summed E-state index contributed by atoms with van der Waals surface area (Å²) in [5, 5.41) is 11.2. The van der Waals surface area contributed by atoms with Gasteiger partial charge in [0, 0.05) is 32.1 Å². The lowest BCUT2D eigenvalue weighted by Crippen LogP contribution is -2.36. The van der Waals surface area contributed by atoms with Crippen LogP contribution in [0.5, 0.6) is 0 Å². The first kappa shape index (κ1) is 12.0. The molecule has 1 N–H and O–H groups in total. The van der Waals surface area contributed by atoms with Gasteiger partial charge >= 0.3 is 6.01 Å². The van der Waals surface area contributed by atoms with Crippen molar-refractivity contribution in [3.63, 3.8) is 0 Å². The molecule has 0 radical (unpaired) electrons. The number of anilines is 1. The number of likely N-dealkylation sites (tertiary alicyclic amines) is 1. The van der Waals surface area contributed by atoms with Crippen molar-refractivity contribution in [1.82, 2.24) is 15.1 Å². The van der Waals surface area contributed by atoms with Crippen molar-refractivity contribution in [3.05, 3.63) is 5.89 Å². The van der Waals surface area contributed by atoms with E-state index in [1.54, 1.807) is 0 Å². The van der Waals surface area contributed by atoms with Crippen LogP contribution in [0.25, 0.3) is 0 Å². The number of aryl methyl sites for hydroxylation is 1. The fourth-order valence-electron chi connectivity index (χ4n) is 3.21. The molecule has 1 saturated heterocycles. The third-order valence-corrected chi connectivity index (χ3v) is 4.16. The van der Waals surface area contributed by atoms with Gasteiger partial charge in [0.25, 0.3) is 0 Å². The van der Waals surface area contributed by atoms with Crippen molar-refractivity contribution in [2.24, 2.45) is 0 Å².